The quantitative estimate of drug-likeness (QED) is 0.758. The number of anilines is 1. The Morgan fingerprint density at radius 2 is 1.93 bits per heavy atom. The standard InChI is InChI=1S/C9H9F3N2/c10-9(11,12)8(1-2-8)6-3-7(13)5-14-4-6/h3-5H,1-2,13H2. The Morgan fingerprint density at radius 3 is 2.36 bits per heavy atom. The van der Waals surface area contributed by atoms with E-state index in [0.29, 0.717) is 0 Å². The van der Waals surface area contributed by atoms with E-state index in [4.69, 9.17) is 5.73 Å². The Labute approximate surface area is 78.9 Å². The summed E-state index contributed by atoms with van der Waals surface area (Å²) in [5, 5.41) is 0. The normalized spacial score (nSPS) is 19.4. The highest BCUT2D eigenvalue weighted by Gasteiger charge is 2.64. The van der Waals surface area contributed by atoms with Crippen molar-refractivity contribution in [2.45, 2.75) is 24.4 Å². The smallest absolute Gasteiger partial charge is 0.397 e. The molecule has 2 N–H and O–H groups in total. The summed E-state index contributed by atoms with van der Waals surface area (Å²) in [6.45, 7) is 0. The third kappa shape index (κ3) is 1.23. The number of rotatable bonds is 1. The molecule has 2 nitrogen and oxygen atoms in total. The van der Waals surface area contributed by atoms with Crippen molar-refractivity contribution >= 4 is 5.69 Å². The molecular formula is C9H9F3N2. The third-order valence-corrected chi connectivity index (χ3v) is 2.60. The molecule has 0 saturated heterocycles. The number of hydrogen-bond acceptors (Lipinski definition) is 2. The van der Waals surface area contributed by atoms with E-state index >= 15 is 0 Å². The van der Waals surface area contributed by atoms with Crippen LogP contribution in [-0.2, 0) is 5.41 Å². The zero-order valence-electron chi connectivity index (χ0n) is 7.30. The van der Waals surface area contributed by atoms with Crippen LogP contribution in [0, 0.1) is 0 Å². The SMILES string of the molecule is Nc1cncc(C2(C(F)(F)F)CC2)c1. The Morgan fingerprint density at radius 1 is 1.29 bits per heavy atom. The molecule has 76 valence electrons. The van der Waals surface area contributed by atoms with Crippen molar-refractivity contribution in [1.29, 1.82) is 0 Å². The van der Waals surface area contributed by atoms with E-state index in [1.807, 2.05) is 0 Å². The van der Waals surface area contributed by atoms with Crippen LogP contribution in [-0.4, -0.2) is 11.2 Å². The molecule has 0 aromatic carbocycles. The van der Waals surface area contributed by atoms with Crippen LogP contribution in [0.5, 0.6) is 0 Å². The van der Waals surface area contributed by atoms with Crippen LogP contribution in [0.3, 0.4) is 0 Å². The summed E-state index contributed by atoms with van der Waals surface area (Å²) in [5.74, 6) is 0. The van der Waals surface area contributed by atoms with Gasteiger partial charge < -0.3 is 5.73 Å². The lowest BCUT2D eigenvalue weighted by atomic mass is 9.97. The molecular weight excluding hydrogens is 193 g/mol. The van der Waals surface area contributed by atoms with Gasteiger partial charge >= 0.3 is 6.18 Å². The maximum atomic E-state index is 12.6. The van der Waals surface area contributed by atoms with Gasteiger partial charge in [0.2, 0.25) is 0 Å². The van der Waals surface area contributed by atoms with E-state index < -0.39 is 11.6 Å². The van der Waals surface area contributed by atoms with Crippen molar-refractivity contribution in [1.82, 2.24) is 4.98 Å². The molecule has 2 rings (SSSR count). The van der Waals surface area contributed by atoms with E-state index in [-0.39, 0.29) is 24.1 Å². The van der Waals surface area contributed by atoms with Crippen LogP contribution in [0.15, 0.2) is 18.5 Å². The number of hydrogen-bond donors (Lipinski definition) is 1. The summed E-state index contributed by atoms with van der Waals surface area (Å²) in [4.78, 5) is 3.68. The van der Waals surface area contributed by atoms with Crippen LogP contribution in [0.1, 0.15) is 18.4 Å². The molecule has 1 aromatic rings. The molecule has 0 radical (unpaired) electrons. The molecule has 5 heteroatoms. The van der Waals surface area contributed by atoms with Crippen molar-refractivity contribution in [3.63, 3.8) is 0 Å². The van der Waals surface area contributed by atoms with Crippen LogP contribution < -0.4 is 5.73 Å². The van der Waals surface area contributed by atoms with Crippen molar-refractivity contribution in [2.24, 2.45) is 0 Å². The first-order chi connectivity index (χ1) is 6.46. The monoisotopic (exact) mass is 202 g/mol. The highest BCUT2D eigenvalue weighted by molar-refractivity contribution is 5.43. The maximum Gasteiger partial charge on any atom is 0.398 e. The lowest BCUT2D eigenvalue weighted by Crippen LogP contribution is -2.28. The fraction of sp³-hybridized carbons (Fsp3) is 0.444. The number of nitrogen functional groups attached to an aromatic ring is 1. The van der Waals surface area contributed by atoms with Gasteiger partial charge in [-0.05, 0) is 24.5 Å². The summed E-state index contributed by atoms with van der Waals surface area (Å²) in [5.41, 5.74) is 4.19. The van der Waals surface area contributed by atoms with Crippen molar-refractivity contribution < 1.29 is 13.2 Å². The van der Waals surface area contributed by atoms with Gasteiger partial charge in [-0.25, -0.2) is 0 Å². The first kappa shape index (κ1) is 9.30. The first-order valence-electron chi connectivity index (χ1n) is 4.23. The van der Waals surface area contributed by atoms with Crippen LogP contribution in [0.2, 0.25) is 0 Å². The van der Waals surface area contributed by atoms with Gasteiger partial charge in [-0.15, -0.1) is 0 Å². The van der Waals surface area contributed by atoms with Crippen LogP contribution in [0.25, 0.3) is 0 Å². The number of pyridine rings is 1. The first-order valence-corrected chi connectivity index (χ1v) is 4.23. The fourth-order valence-corrected chi connectivity index (χ4v) is 1.58. The molecule has 14 heavy (non-hydrogen) atoms. The van der Waals surface area contributed by atoms with E-state index in [9.17, 15) is 13.2 Å². The second-order valence-corrected chi connectivity index (χ2v) is 3.59. The zero-order valence-corrected chi connectivity index (χ0v) is 7.30. The summed E-state index contributed by atoms with van der Waals surface area (Å²) >= 11 is 0. The average molecular weight is 202 g/mol. The highest BCUT2D eigenvalue weighted by atomic mass is 19.4. The number of alkyl halides is 3. The number of nitrogens with zero attached hydrogens (tertiary/aromatic N) is 1. The van der Waals surface area contributed by atoms with E-state index in [2.05, 4.69) is 4.98 Å². The van der Waals surface area contributed by atoms with Gasteiger partial charge in [0.05, 0.1) is 11.1 Å². The lowest BCUT2D eigenvalue weighted by molar-refractivity contribution is -0.160. The molecule has 1 aromatic heterocycles. The molecule has 1 fully saturated rings. The minimum Gasteiger partial charge on any atom is -0.397 e. The largest absolute Gasteiger partial charge is 0.398 e. The summed E-state index contributed by atoms with van der Waals surface area (Å²) in [7, 11) is 0. The minimum atomic E-state index is -4.19. The van der Waals surface area contributed by atoms with Gasteiger partial charge in [0.25, 0.3) is 0 Å². The van der Waals surface area contributed by atoms with Gasteiger partial charge in [-0.1, -0.05) is 0 Å². The number of halogens is 3. The second kappa shape index (κ2) is 2.62. The van der Waals surface area contributed by atoms with Crippen molar-refractivity contribution in [3.05, 3.63) is 24.0 Å². The van der Waals surface area contributed by atoms with Crippen LogP contribution in [0.4, 0.5) is 18.9 Å². The van der Waals surface area contributed by atoms with Gasteiger partial charge in [-0.2, -0.15) is 13.2 Å². The van der Waals surface area contributed by atoms with E-state index in [1.54, 1.807) is 0 Å². The van der Waals surface area contributed by atoms with E-state index in [0.717, 1.165) is 0 Å². The summed E-state index contributed by atoms with van der Waals surface area (Å²) < 4.78 is 37.9. The average Bonchev–Trinajstić information content (AvgIpc) is 2.82. The van der Waals surface area contributed by atoms with Gasteiger partial charge in [-0.3, -0.25) is 4.98 Å². The molecule has 0 atom stereocenters. The summed E-state index contributed by atoms with van der Waals surface area (Å²) in [6.07, 6.45) is -1.32. The van der Waals surface area contributed by atoms with Gasteiger partial charge in [0.1, 0.15) is 0 Å². The Kier molecular flexibility index (Phi) is 1.74. The van der Waals surface area contributed by atoms with E-state index in [1.165, 1.54) is 18.5 Å². The van der Waals surface area contributed by atoms with Gasteiger partial charge in [0, 0.05) is 12.4 Å². The molecule has 0 unspecified atom stereocenters. The Bertz CT molecular complexity index is 355. The topological polar surface area (TPSA) is 38.9 Å². The van der Waals surface area contributed by atoms with Crippen molar-refractivity contribution in [3.8, 4) is 0 Å². The fourth-order valence-electron chi connectivity index (χ4n) is 1.58. The minimum absolute atomic E-state index is 0.141. The Hall–Kier alpha value is -1.26. The summed E-state index contributed by atoms with van der Waals surface area (Å²) in [6, 6.07) is 1.35. The number of aromatic nitrogens is 1. The van der Waals surface area contributed by atoms with Gasteiger partial charge in [0.15, 0.2) is 0 Å². The molecule has 1 aliphatic carbocycles. The molecule has 0 aliphatic heterocycles. The zero-order chi connectivity index (χ0) is 10.4. The molecule has 1 saturated carbocycles. The second-order valence-electron chi connectivity index (χ2n) is 3.59. The molecule has 1 heterocycles. The molecule has 0 spiro atoms. The lowest BCUT2D eigenvalue weighted by Gasteiger charge is -2.19. The van der Waals surface area contributed by atoms with Crippen molar-refractivity contribution in [2.75, 3.05) is 5.73 Å². The molecule has 0 amide bonds. The predicted molar refractivity (Wildman–Crippen MR) is 45.6 cm³/mol. The number of nitrogens with two attached hydrogens (primary N) is 1. The third-order valence-electron chi connectivity index (χ3n) is 2.60. The Balaban J connectivity index is 2.41. The van der Waals surface area contributed by atoms with Crippen LogP contribution >= 0.6 is 0 Å². The highest BCUT2D eigenvalue weighted by Crippen LogP contribution is 2.58. The predicted octanol–water partition coefficient (Wildman–Crippen LogP) is 2.26. The molecule has 1 aliphatic rings. The maximum absolute atomic E-state index is 12.6. The molecule has 0 bridgehead atoms.